The van der Waals surface area contributed by atoms with Crippen molar-refractivity contribution >= 4 is 38.2 Å². The molecule has 9 heteroatoms. The van der Waals surface area contributed by atoms with Crippen LogP contribution >= 0.6 is 0 Å². The lowest BCUT2D eigenvalue weighted by molar-refractivity contribution is 0.230. The molecular formula is C37H39NO8. The first-order valence-electron chi connectivity index (χ1n) is 15.5. The fourth-order valence-electron chi connectivity index (χ4n) is 5.95. The summed E-state index contributed by atoms with van der Waals surface area (Å²) in [4.78, 5) is 13.9. The molecular weight excluding hydrogens is 586 g/mol. The molecule has 6 aromatic rings. The Morgan fingerprint density at radius 2 is 1.37 bits per heavy atom. The molecule has 0 N–H and O–H groups in total. The van der Waals surface area contributed by atoms with E-state index in [1.54, 1.807) is 27.4 Å². The van der Waals surface area contributed by atoms with Gasteiger partial charge in [-0.25, -0.2) is 4.79 Å². The van der Waals surface area contributed by atoms with Gasteiger partial charge < -0.3 is 37.2 Å². The van der Waals surface area contributed by atoms with Crippen LogP contribution in [0.3, 0.4) is 0 Å². The zero-order valence-corrected chi connectivity index (χ0v) is 27.5. The van der Waals surface area contributed by atoms with Gasteiger partial charge >= 0.3 is 5.63 Å². The van der Waals surface area contributed by atoms with E-state index in [2.05, 4.69) is 0 Å². The van der Waals surface area contributed by atoms with Crippen LogP contribution in [0.4, 0.5) is 0 Å². The Balaban J connectivity index is 1.80. The lowest BCUT2D eigenvalue weighted by Gasteiger charge is -2.16. The molecule has 3 heterocycles. The second-order valence-corrected chi connectivity index (χ2v) is 11.7. The first-order chi connectivity index (χ1) is 22.2. The first-order valence-corrected chi connectivity index (χ1v) is 15.5. The van der Waals surface area contributed by atoms with Gasteiger partial charge in [-0.15, -0.1) is 0 Å². The van der Waals surface area contributed by atoms with Gasteiger partial charge in [-0.1, -0.05) is 13.0 Å². The minimum atomic E-state index is -0.479. The quantitative estimate of drug-likeness (QED) is 0.133. The standard InChI is InChI=1S/C37H39NO8/c1-9-14-43-31-19-27-25(18-29(31)41-7)34-33(23-10-11-26(44-20(2)3)28(16-23)40-6)35-24-17-30(42-8)32(45-21(4)5)15-22(24)12-13-38(35)36(34)37(39)46-27/h10-13,15-21H,9,14H2,1-8H3. The van der Waals surface area contributed by atoms with E-state index in [9.17, 15) is 4.79 Å². The number of rotatable bonds is 11. The maximum absolute atomic E-state index is 13.9. The molecule has 46 heavy (non-hydrogen) atoms. The fraction of sp³-hybridized carbons (Fsp3) is 0.324. The Bertz CT molecular complexity index is 2140. The van der Waals surface area contributed by atoms with E-state index in [1.165, 1.54) is 0 Å². The lowest BCUT2D eigenvalue weighted by Crippen LogP contribution is -2.07. The normalized spacial score (nSPS) is 11.7. The van der Waals surface area contributed by atoms with Crippen LogP contribution in [0.2, 0.25) is 0 Å². The van der Waals surface area contributed by atoms with Crippen LogP contribution in [-0.4, -0.2) is 44.5 Å². The predicted octanol–water partition coefficient (Wildman–Crippen LogP) is 8.41. The Morgan fingerprint density at radius 3 is 2.04 bits per heavy atom. The third-order valence-corrected chi connectivity index (χ3v) is 7.77. The highest BCUT2D eigenvalue weighted by molar-refractivity contribution is 6.22. The van der Waals surface area contributed by atoms with Crippen molar-refractivity contribution in [3.63, 3.8) is 0 Å². The smallest absolute Gasteiger partial charge is 0.361 e. The molecule has 3 aromatic heterocycles. The molecule has 0 bridgehead atoms. The van der Waals surface area contributed by atoms with Crippen molar-refractivity contribution in [2.24, 2.45) is 0 Å². The monoisotopic (exact) mass is 625 g/mol. The fourth-order valence-corrected chi connectivity index (χ4v) is 5.95. The maximum atomic E-state index is 13.9. The zero-order valence-electron chi connectivity index (χ0n) is 27.5. The second kappa shape index (κ2) is 12.4. The summed E-state index contributed by atoms with van der Waals surface area (Å²) in [5.74, 6) is 3.47. The molecule has 0 amide bonds. The summed E-state index contributed by atoms with van der Waals surface area (Å²) in [5, 5.41) is 3.20. The summed E-state index contributed by atoms with van der Waals surface area (Å²) in [6.45, 7) is 10.4. The van der Waals surface area contributed by atoms with Crippen molar-refractivity contribution in [2.75, 3.05) is 27.9 Å². The van der Waals surface area contributed by atoms with Gasteiger partial charge in [0.05, 0.1) is 45.7 Å². The Labute approximate surface area is 267 Å². The zero-order chi connectivity index (χ0) is 32.7. The average Bonchev–Trinajstić information content (AvgIpc) is 3.39. The van der Waals surface area contributed by atoms with Gasteiger partial charge in [0.15, 0.2) is 34.5 Å². The largest absolute Gasteiger partial charge is 0.493 e. The highest BCUT2D eigenvalue weighted by atomic mass is 16.5. The van der Waals surface area contributed by atoms with Crippen molar-refractivity contribution in [1.29, 1.82) is 0 Å². The van der Waals surface area contributed by atoms with E-state index in [-0.39, 0.29) is 12.2 Å². The third kappa shape index (κ3) is 5.29. The molecule has 0 atom stereocenters. The van der Waals surface area contributed by atoms with Crippen LogP contribution in [0.5, 0.6) is 34.5 Å². The van der Waals surface area contributed by atoms with Gasteiger partial charge in [-0.3, -0.25) is 0 Å². The van der Waals surface area contributed by atoms with Crippen molar-refractivity contribution in [2.45, 2.75) is 53.2 Å². The van der Waals surface area contributed by atoms with Crippen LogP contribution in [0, 0.1) is 0 Å². The molecule has 0 spiro atoms. The Hall–Kier alpha value is -5.05. The number of hydrogen-bond acceptors (Lipinski definition) is 8. The summed E-state index contributed by atoms with van der Waals surface area (Å²) in [6, 6.07) is 15.3. The summed E-state index contributed by atoms with van der Waals surface area (Å²) in [6.07, 6.45) is 2.62. The Morgan fingerprint density at radius 1 is 0.717 bits per heavy atom. The highest BCUT2D eigenvalue weighted by Crippen LogP contribution is 2.46. The third-order valence-electron chi connectivity index (χ3n) is 7.77. The van der Waals surface area contributed by atoms with E-state index in [0.717, 1.165) is 33.8 Å². The molecule has 0 fully saturated rings. The SMILES string of the molecule is CCCOc1cc2oc(=O)c3c(c(-c4ccc(OC(C)C)c(OC)c4)c4c5cc(OC)c(OC(C)C)cc5ccn43)c2cc1OC. The topological polar surface area (TPSA) is 90.0 Å². The molecule has 0 aliphatic carbocycles. The number of pyridine rings is 1. The number of ether oxygens (including phenoxy) is 6. The molecule has 3 aromatic carbocycles. The molecule has 0 aliphatic rings. The van der Waals surface area contributed by atoms with Crippen molar-refractivity contribution in [3.05, 3.63) is 65.1 Å². The summed E-state index contributed by atoms with van der Waals surface area (Å²) in [7, 11) is 4.84. The van der Waals surface area contributed by atoms with E-state index < -0.39 is 5.63 Å². The van der Waals surface area contributed by atoms with Gasteiger partial charge in [0.2, 0.25) is 0 Å². The molecule has 0 aliphatic heterocycles. The maximum Gasteiger partial charge on any atom is 0.361 e. The van der Waals surface area contributed by atoms with Gasteiger partial charge in [-0.05, 0) is 81.5 Å². The van der Waals surface area contributed by atoms with Gasteiger partial charge in [0, 0.05) is 34.0 Å². The molecule has 6 rings (SSSR count). The van der Waals surface area contributed by atoms with E-state index in [0.29, 0.717) is 63.0 Å². The van der Waals surface area contributed by atoms with E-state index >= 15 is 0 Å². The number of fused-ring (bicyclic) bond motifs is 7. The van der Waals surface area contributed by atoms with Crippen molar-refractivity contribution < 1.29 is 32.8 Å². The van der Waals surface area contributed by atoms with Crippen LogP contribution in [0.15, 0.2) is 63.9 Å². The minimum absolute atomic E-state index is 0.0419. The summed E-state index contributed by atoms with van der Waals surface area (Å²) >= 11 is 0. The summed E-state index contributed by atoms with van der Waals surface area (Å²) < 4.78 is 43.3. The second-order valence-electron chi connectivity index (χ2n) is 11.7. The number of benzene rings is 3. The van der Waals surface area contributed by atoms with Crippen LogP contribution in [-0.2, 0) is 0 Å². The highest BCUT2D eigenvalue weighted by Gasteiger charge is 2.25. The predicted molar refractivity (Wildman–Crippen MR) is 181 cm³/mol. The van der Waals surface area contributed by atoms with Crippen molar-refractivity contribution in [3.8, 4) is 45.6 Å². The van der Waals surface area contributed by atoms with Gasteiger partial charge in [0.1, 0.15) is 11.1 Å². The van der Waals surface area contributed by atoms with E-state index in [4.69, 9.17) is 32.8 Å². The lowest BCUT2D eigenvalue weighted by atomic mass is 9.97. The molecule has 0 radical (unpaired) electrons. The average molecular weight is 626 g/mol. The summed E-state index contributed by atoms with van der Waals surface area (Å²) in [5.41, 5.74) is 2.75. The molecule has 0 unspecified atom stereocenters. The minimum Gasteiger partial charge on any atom is -0.493 e. The van der Waals surface area contributed by atoms with E-state index in [1.807, 2.05) is 87.7 Å². The molecule has 0 saturated heterocycles. The number of aromatic nitrogens is 1. The number of nitrogens with zero attached hydrogens (tertiary/aromatic N) is 1. The Kier molecular flexibility index (Phi) is 8.34. The van der Waals surface area contributed by atoms with Crippen molar-refractivity contribution in [1.82, 2.24) is 4.40 Å². The number of methoxy groups -OCH3 is 3. The van der Waals surface area contributed by atoms with Crippen LogP contribution in [0.25, 0.3) is 49.3 Å². The molecule has 240 valence electrons. The van der Waals surface area contributed by atoms with Crippen LogP contribution < -0.4 is 34.0 Å². The van der Waals surface area contributed by atoms with Gasteiger partial charge in [-0.2, -0.15) is 0 Å². The van der Waals surface area contributed by atoms with Gasteiger partial charge in [0.25, 0.3) is 0 Å². The molecule has 9 nitrogen and oxygen atoms in total. The number of hydrogen-bond donors (Lipinski definition) is 0. The van der Waals surface area contributed by atoms with Crippen LogP contribution in [0.1, 0.15) is 41.0 Å². The first kappa shape index (κ1) is 31.0. The molecule has 0 saturated carbocycles.